The zero-order chi connectivity index (χ0) is 16.3. The molecule has 4 heteroatoms. The fourth-order valence-corrected chi connectivity index (χ4v) is 2.75. The summed E-state index contributed by atoms with van der Waals surface area (Å²) < 4.78 is 18.9. The van der Waals surface area contributed by atoms with Crippen molar-refractivity contribution in [1.29, 1.82) is 0 Å². The molecule has 0 saturated heterocycles. The van der Waals surface area contributed by atoms with E-state index in [9.17, 15) is 4.39 Å². The number of hydrogen-bond donors (Lipinski definition) is 1. The molecule has 2 rings (SSSR count). The first kappa shape index (κ1) is 16.9. The minimum Gasteiger partial charge on any atom is -0.458 e. The highest BCUT2D eigenvalue weighted by molar-refractivity contribution is 5.85. The van der Waals surface area contributed by atoms with Gasteiger partial charge in [-0.05, 0) is 57.1 Å². The number of benzene rings is 1. The number of aryl methyl sites for hydroxylation is 1. The third kappa shape index (κ3) is 5.09. The van der Waals surface area contributed by atoms with Crippen LogP contribution in [-0.4, -0.2) is 17.6 Å². The van der Waals surface area contributed by atoms with Crippen LogP contribution in [0.3, 0.4) is 0 Å². The summed E-state index contributed by atoms with van der Waals surface area (Å²) in [5.74, 6) is -0.424. The molecule has 0 spiro atoms. The van der Waals surface area contributed by atoms with Gasteiger partial charge in [0, 0.05) is 31.7 Å². The Morgan fingerprint density at radius 1 is 1.41 bits per heavy atom. The lowest BCUT2D eigenvalue weighted by molar-refractivity contribution is -0.0256. The highest BCUT2D eigenvalue weighted by Gasteiger charge is 2.25. The Morgan fingerprint density at radius 3 is 2.68 bits per heavy atom. The summed E-state index contributed by atoms with van der Waals surface area (Å²) in [7, 11) is 0. The summed E-state index contributed by atoms with van der Waals surface area (Å²) in [5.41, 5.74) is 8.82. The molecule has 1 fully saturated rings. The highest BCUT2D eigenvalue weighted by Crippen LogP contribution is 2.31. The van der Waals surface area contributed by atoms with Crippen LogP contribution in [-0.2, 0) is 0 Å². The molecule has 1 aliphatic rings. The molecule has 0 heterocycles. The molecule has 0 radical (unpaired) electrons. The number of nitrogens with two attached hydrogens (primary N) is 1. The summed E-state index contributed by atoms with van der Waals surface area (Å²) in [5, 5.41) is 0. The van der Waals surface area contributed by atoms with Crippen LogP contribution >= 0.6 is 0 Å². The molecule has 0 aromatic heterocycles. The highest BCUT2D eigenvalue weighted by atomic mass is 19.2. The van der Waals surface area contributed by atoms with Crippen molar-refractivity contribution in [2.24, 2.45) is 16.6 Å². The van der Waals surface area contributed by atoms with E-state index in [0.29, 0.717) is 11.8 Å². The SMILES string of the molecule is CC(CCC1CC(N)C1)=Nc1cc(OC(C)(C)F)ccc1C. The van der Waals surface area contributed by atoms with Gasteiger partial charge in [-0.1, -0.05) is 6.07 Å². The number of ether oxygens (including phenoxy) is 1. The van der Waals surface area contributed by atoms with E-state index in [1.54, 1.807) is 12.1 Å². The van der Waals surface area contributed by atoms with E-state index in [2.05, 4.69) is 4.99 Å². The van der Waals surface area contributed by atoms with E-state index >= 15 is 0 Å². The monoisotopic (exact) mass is 306 g/mol. The first-order valence-corrected chi connectivity index (χ1v) is 8.01. The molecule has 0 amide bonds. The number of nitrogens with zero attached hydrogens (tertiary/aromatic N) is 1. The van der Waals surface area contributed by atoms with E-state index in [4.69, 9.17) is 10.5 Å². The second kappa shape index (κ2) is 6.78. The van der Waals surface area contributed by atoms with E-state index in [-0.39, 0.29) is 0 Å². The molecule has 0 unspecified atom stereocenters. The van der Waals surface area contributed by atoms with Crippen LogP contribution in [0.5, 0.6) is 5.75 Å². The first-order valence-electron chi connectivity index (χ1n) is 8.01. The lowest BCUT2D eigenvalue weighted by Gasteiger charge is -2.32. The van der Waals surface area contributed by atoms with Crippen molar-refractivity contribution in [3.63, 3.8) is 0 Å². The summed E-state index contributed by atoms with van der Waals surface area (Å²) in [6.45, 7) is 6.83. The molecule has 1 aromatic rings. The van der Waals surface area contributed by atoms with Crippen molar-refractivity contribution in [2.75, 3.05) is 0 Å². The van der Waals surface area contributed by atoms with Gasteiger partial charge in [-0.15, -0.1) is 0 Å². The summed E-state index contributed by atoms with van der Waals surface area (Å²) in [6.07, 6.45) is 4.41. The Hall–Kier alpha value is -1.42. The molecule has 1 aliphatic carbocycles. The number of halogens is 1. The van der Waals surface area contributed by atoms with Crippen LogP contribution in [0.2, 0.25) is 0 Å². The number of aliphatic imine (C=N–C) groups is 1. The summed E-state index contributed by atoms with van der Waals surface area (Å²) in [4.78, 5) is 4.68. The van der Waals surface area contributed by atoms with Crippen LogP contribution in [0.15, 0.2) is 23.2 Å². The topological polar surface area (TPSA) is 47.6 Å². The van der Waals surface area contributed by atoms with Gasteiger partial charge in [0.05, 0.1) is 5.69 Å². The van der Waals surface area contributed by atoms with Gasteiger partial charge < -0.3 is 10.5 Å². The van der Waals surface area contributed by atoms with Crippen LogP contribution in [0.4, 0.5) is 10.1 Å². The minimum atomic E-state index is -1.69. The van der Waals surface area contributed by atoms with E-state index in [0.717, 1.165) is 48.6 Å². The molecule has 2 N–H and O–H groups in total. The second-order valence-electron chi connectivity index (χ2n) is 6.90. The second-order valence-corrected chi connectivity index (χ2v) is 6.90. The van der Waals surface area contributed by atoms with Gasteiger partial charge in [0.1, 0.15) is 5.75 Å². The van der Waals surface area contributed by atoms with Crippen molar-refractivity contribution < 1.29 is 9.13 Å². The number of alkyl halides is 1. The Labute approximate surface area is 132 Å². The molecule has 1 saturated carbocycles. The number of rotatable bonds is 6. The van der Waals surface area contributed by atoms with Crippen molar-refractivity contribution >= 4 is 11.4 Å². The average Bonchev–Trinajstić information content (AvgIpc) is 2.35. The summed E-state index contributed by atoms with van der Waals surface area (Å²) >= 11 is 0. The van der Waals surface area contributed by atoms with Crippen LogP contribution in [0.1, 0.15) is 52.0 Å². The lowest BCUT2D eigenvalue weighted by atomic mass is 9.78. The maximum atomic E-state index is 13.6. The van der Waals surface area contributed by atoms with Gasteiger partial charge in [0.15, 0.2) is 0 Å². The van der Waals surface area contributed by atoms with E-state index < -0.39 is 5.85 Å². The third-order valence-corrected chi connectivity index (χ3v) is 4.04. The fraction of sp³-hybridized carbons (Fsp3) is 0.611. The largest absolute Gasteiger partial charge is 0.458 e. The van der Waals surface area contributed by atoms with Crippen LogP contribution in [0, 0.1) is 12.8 Å². The Morgan fingerprint density at radius 2 is 2.09 bits per heavy atom. The fourth-order valence-electron chi connectivity index (χ4n) is 2.75. The van der Waals surface area contributed by atoms with Gasteiger partial charge in [-0.2, -0.15) is 4.39 Å². The Bertz CT molecular complexity index is 543. The van der Waals surface area contributed by atoms with Gasteiger partial charge in [0.25, 0.3) is 0 Å². The molecule has 3 nitrogen and oxygen atoms in total. The van der Waals surface area contributed by atoms with Crippen molar-refractivity contribution in [2.45, 2.75) is 65.3 Å². The van der Waals surface area contributed by atoms with Crippen molar-refractivity contribution in [1.82, 2.24) is 0 Å². The minimum absolute atomic E-state index is 0.405. The molecule has 1 aromatic carbocycles. The standard InChI is InChI=1S/C18H27FN2O/c1-12-5-8-16(22-18(3,4)19)11-17(12)21-13(2)6-7-14-9-15(20)10-14/h5,8,11,14-15H,6-7,9-10,20H2,1-4H3. The predicted molar refractivity (Wildman–Crippen MR) is 89.7 cm³/mol. The predicted octanol–water partition coefficient (Wildman–Crippen LogP) is 4.69. The molecular weight excluding hydrogens is 279 g/mol. The Balaban J connectivity index is 2.00. The van der Waals surface area contributed by atoms with Gasteiger partial charge in [-0.25, -0.2) is 0 Å². The molecule has 122 valence electrons. The third-order valence-electron chi connectivity index (χ3n) is 4.04. The zero-order valence-electron chi connectivity index (χ0n) is 14.0. The smallest absolute Gasteiger partial charge is 0.242 e. The van der Waals surface area contributed by atoms with Gasteiger partial charge in [-0.3, -0.25) is 4.99 Å². The van der Waals surface area contributed by atoms with Crippen molar-refractivity contribution in [3.8, 4) is 5.75 Å². The van der Waals surface area contributed by atoms with Gasteiger partial charge >= 0.3 is 0 Å². The molecule has 0 aliphatic heterocycles. The van der Waals surface area contributed by atoms with Crippen LogP contribution < -0.4 is 10.5 Å². The quantitative estimate of drug-likeness (QED) is 0.775. The Kier molecular flexibility index (Phi) is 5.22. The molecule has 0 bridgehead atoms. The first-order chi connectivity index (χ1) is 10.2. The normalized spacial score (nSPS) is 22.4. The molecule has 0 atom stereocenters. The zero-order valence-corrected chi connectivity index (χ0v) is 14.0. The number of hydrogen-bond acceptors (Lipinski definition) is 3. The molecular formula is C18H27FN2O. The van der Waals surface area contributed by atoms with Crippen LogP contribution in [0.25, 0.3) is 0 Å². The van der Waals surface area contributed by atoms with Crippen molar-refractivity contribution in [3.05, 3.63) is 23.8 Å². The maximum Gasteiger partial charge on any atom is 0.242 e. The molecule has 22 heavy (non-hydrogen) atoms. The lowest BCUT2D eigenvalue weighted by Crippen LogP contribution is -2.36. The average molecular weight is 306 g/mol. The van der Waals surface area contributed by atoms with E-state index in [1.165, 1.54) is 13.8 Å². The maximum absolute atomic E-state index is 13.6. The van der Waals surface area contributed by atoms with E-state index in [1.807, 2.05) is 19.9 Å². The summed E-state index contributed by atoms with van der Waals surface area (Å²) in [6, 6.07) is 5.90. The van der Waals surface area contributed by atoms with Gasteiger partial charge in [0.2, 0.25) is 5.85 Å².